The van der Waals surface area contributed by atoms with Crippen molar-refractivity contribution in [1.82, 2.24) is 10.2 Å². The molecular weight excluding hydrogens is 272 g/mol. The topological polar surface area (TPSA) is 35.5 Å². The fourth-order valence-electron chi connectivity index (χ4n) is 2.93. The normalized spacial score (nSPS) is 23.6. The first-order valence-corrected chi connectivity index (χ1v) is 7.75. The van der Waals surface area contributed by atoms with Crippen molar-refractivity contribution in [2.45, 2.75) is 31.4 Å². The van der Waals surface area contributed by atoms with E-state index in [1.165, 1.54) is 5.56 Å². The Morgan fingerprint density at radius 3 is 2.80 bits per heavy atom. The summed E-state index contributed by atoms with van der Waals surface area (Å²) in [6.45, 7) is 2.13. The standard InChI is InChI=1S/C16H25ClN2O/c1-18-16(13-4-3-5-14(17)10-13)6-7-19(2)11-12-8-15(20)9-12/h3-5,10,12,15-16,18,20H,6-9,11H2,1-2H3. The fraction of sp³-hybridized carbons (Fsp3) is 0.625. The van der Waals surface area contributed by atoms with E-state index in [-0.39, 0.29) is 6.10 Å². The zero-order chi connectivity index (χ0) is 14.5. The van der Waals surface area contributed by atoms with E-state index in [9.17, 15) is 5.11 Å². The Bertz CT molecular complexity index is 421. The second-order valence-electron chi connectivity index (χ2n) is 5.94. The molecule has 1 aromatic carbocycles. The van der Waals surface area contributed by atoms with Crippen molar-refractivity contribution in [1.29, 1.82) is 0 Å². The Labute approximate surface area is 126 Å². The Kier molecular flexibility index (Phi) is 5.85. The second-order valence-corrected chi connectivity index (χ2v) is 6.37. The molecule has 4 heteroatoms. The minimum absolute atomic E-state index is 0.0510. The molecule has 1 atom stereocenters. The van der Waals surface area contributed by atoms with E-state index >= 15 is 0 Å². The molecule has 1 aliphatic carbocycles. The van der Waals surface area contributed by atoms with Crippen LogP contribution in [0.15, 0.2) is 24.3 Å². The van der Waals surface area contributed by atoms with E-state index in [0.29, 0.717) is 12.0 Å². The van der Waals surface area contributed by atoms with Crippen molar-refractivity contribution >= 4 is 11.6 Å². The van der Waals surface area contributed by atoms with Gasteiger partial charge in [0.1, 0.15) is 0 Å². The van der Waals surface area contributed by atoms with Crippen LogP contribution in [0.3, 0.4) is 0 Å². The Balaban J connectivity index is 1.78. The quantitative estimate of drug-likeness (QED) is 0.812. The van der Waals surface area contributed by atoms with Gasteiger partial charge in [0, 0.05) is 17.6 Å². The third-order valence-corrected chi connectivity index (χ3v) is 4.41. The van der Waals surface area contributed by atoms with Gasteiger partial charge in [0.2, 0.25) is 0 Å². The summed E-state index contributed by atoms with van der Waals surface area (Å²) in [7, 11) is 4.16. The van der Waals surface area contributed by atoms with Crippen molar-refractivity contribution in [3.05, 3.63) is 34.9 Å². The smallest absolute Gasteiger partial charge is 0.0546 e. The highest BCUT2D eigenvalue weighted by Crippen LogP contribution is 2.28. The largest absolute Gasteiger partial charge is 0.393 e. The number of rotatable bonds is 7. The molecule has 0 saturated heterocycles. The van der Waals surface area contributed by atoms with Gasteiger partial charge in [0.15, 0.2) is 0 Å². The number of hydrogen-bond acceptors (Lipinski definition) is 3. The SMILES string of the molecule is CNC(CCN(C)CC1CC(O)C1)c1cccc(Cl)c1. The number of hydrogen-bond donors (Lipinski definition) is 2. The molecule has 0 amide bonds. The van der Waals surface area contributed by atoms with Gasteiger partial charge in [-0.1, -0.05) is 23.7 Å². The number of nitrogens with one attached hydrogen (secondary N) is 1. The van der Waals surface area contributed by atoms with Crippen LogP contribution < -0.4 is 5.32 Å². The highest BCUT2D eigenvalue weighted by molar-refractivity contribution is 6.30. The number of benzene rings is 1. The van der Waals surface area contributed by atoms with E-state index in [2.05, 4.69) is 23.3 Å². The summed E-state index contributed by atoms with van der Waals surface area (Å²) in [5.74, 6) is 0.675. The minimum atomic E-state index is -0.0510. The molecule has 1 saturated carbocycles. The van der Waals surface area contributed by atoms with E-state index < -0.39 is 0 Å². The number of nitrogens with zero attached hydrogens (tertiary/aromatic N) is 1. The van der Waals surface area contributed by atoms with Gasteiger partial charge < -0.3 is 15.3 Å². The molecule has 2 N–H and O–H groups in total. The molecule has 0 spiro atoms. The van der Waals surface area contributed by atoms with Gasteiger partial charge in [-0.15, -0.1) is 0 Å². The maximum atomic E-state index is 9.32. The molecular formula is C16H25ClN2O. The van der Waals surface area contributed by atoms with E-state index in [0.717, 1.165) is 37.4 Å². The number of halogens is 1. The van der Waals surface area contributed by atoms with Gasteiger partial charge in [-0.2, -0.15) is 0 Å². The molecule has 3 nitrogen and oxygen atoms in total. The predicted molar refractivity (Wildman–Crippen MR) is 84.1 cm³/mol. The summed E-state index contributed by atoms with van der Waals surface area (Å²) < 4.78 is 0. The number of aliphatic hydroxyl groups is 1. The average molecular weight is 297 g/mol. The third-order valence-electron chi connectivity index (χ3n) is 4.18. The maximum absolute atomic E-state index is 9.32. The lowest BCUT2D eigenvalue weighted by molar-refractivity contribution is 0.0279. The summed E-state index contributed by atoms with van der Waals surface area (Å²) >= 11 is 6.06. The lowest BCUT2D eigenvalue weighted by Crippen LogP contribution is -2.38. The highest BCUT2D eigenvalue weighted by Gasteiger charge is 2.27. The molecule has 1 fully saturated rings. The van der Waals surface area contributed by atoms with Crippen molar-refractivity contribution in [3.8, 4) is 0 Å². The molecule has 1 aliphatic rings. The summed E-state index contributed by atoms with van der Waals surface area (Å²) in [6, 6.07) is 8.40. The van der Waals surface area contributed by atoms with Gasteiger partial charge in [-0.3, -0.25) is 0 Å². The molecule has 0 heterocycles. The summed E-state index contributed by atoms with van der Waals surface area (Å²) in [5.41, 5.74) is 1.24. The monoisotopic (exact) mass is 296 g/mol. The third kappa shape index (κ3) is 4.45. The van der Waals surface area contributed by atoms with Crippen molar-refractivity contribution in [2.24, 2.45) is 5.92 Å². The average Bonchev–Trinajstić information content (AvgIpc) is 2.38. The van der Waals surface area contributed by atoms with Crippen molar-refractivity contribution in [3.63, 3.8) is 0 Å². The second kappa shape index (κ2) is 7.41. The van der Waals surface area contributed by atoms with E-state index in [1.807, 2.05) is 25.2 Å². The molecule has 0 aromatic heterocycles. The zero-order valence-electron chi connectivity index (χ0n) is 12.3. The van der Waals surface area contributed by atoms with Gasteiger partial charge in [0.25, 0.3) is 0 Å². The molecule has 0 radical (unpaired) electrons. The first-order chi connectivity index (χ1) is 9.58. The molecule has 1 aromatic rings. The van der Waals surface area contributed by atoms with Crippen LogP contribution in [0.25, 0.3) is 0 Å². The number of aliphatic hydroxyl groups excluding tert-OH is 1. The van der Waals surface area contributed by atoms with Gasteiger partial charge in [-0.05, 0) is 63.5 Å². The Hall–Kier alpha value is -0.610. The predicted octanol–water partition coefficient (Wildman–Crippen LogP) is 2.69. The van der Waals surface area contributed by atoms with Gasteiger partial charge in [0.05, 0.1) is 6.10 Å². The summed E-state index contributed by atoms with van der Waals surface area (Å²) in [5, 5.41) is 13.5. The van der Waals surface area contributed by atoms with Crippen LogP contribution in [0.4, 0.5) is 0 Å². The van der Waals surface area contributed by atoms with Gasteiger partial charge in [-0.25, -0.2) is 0 Å². The molecule has 0 bridgehead atoms. The molecule has 0 aliphatic heterocycles. The lowest BCUT2D eigenvalue weighted by atomic mass is 9.82. The minimum Gasteiger partial charge on any atom is -0.393 e. The van der Waals surface area contributed by atoms with Crippen LogP contribution in [0.2, 0.25) is 5.02 Å². The summed E-state index contributed by atoms with van der Waals surface area (Å²) in [4.78, 5) is 2.37. The first kappa shape index (κ1) is 15.8. The van der Waals surface area contributed by atoms with Crippen LogP contribution >= 0.6 is 11.6 Å². The fourth-order valence-corrected chi connectivity index (χ4v) is 3.13. The maximum Gasteiger partial charge on any atom is 0.0546 e. The van der Waals surface area contributed by atoms with Crippen LogP contribution in [-0.2, 0) is 0 Å². The van der Waals surface area contributed by atoms with Crippen LogP contribution in [-0.4, -0.2) is 43.3 Å². The molecule has 2 rings (SSSR count). The lowest BCUT2D eigenvalue weighted by Gasteiger charge is -2.34. The van der Waals surface area contributed by atoms with Crippen LogP contribution in [0.1, 0.15) is 30.9 Å². The zero-order valence-corrected chi connectivity index (χ0v) is 13.1. The Morgan fingerprint density at radius 2 is 2.20 bits per heavy atom. The summed E-state index contributed by atoms with van der Waals surface area (Å²) in [6.07, 6.45) is 2.94. The Morgan fingerprint density at radius 1 is 1.45 bits per heavy atom. The highest BCUT2D eigenvalue weighted by atomic mass is 35.5. The van der Waals surface area contributed by atoms with Crippen LogP contribution in [0.5, 0.6) is 0 Å². The first-order valence-electron chi connectivity index (χ1n) is 7.38. The molecule has 20 heavy (non-hydrogen) atoms. The van der Waals surface area contributed by atoms with Gasteiger partial charge >= 0.3 is 0 Å². The van der Waals surface area contributed by atoms with Crippen LogP contribution in [0, 0.1) is 5.92 Å². The van der Waals surface area contributed by atoms with E-state index in [4.69, 9.17) is 11.6 Å². The van der Waals surface area contributed by atoms with Crippen molar-refractivity contribution < 1.29 is 5.11 Å². The van der Waals surface area contributed by atoms with E-state index in [1.54, 1.807) is 0 Å². The molecule has 1 unspecified atom stereocenters. The van der Waals surface area contributed by atoms with Crippen molar-refractivity contribution in [2.75, 3.05) is 27.2 Å². The molecule has 112 valence electrons.